The van der Waals surface area contributed by atoms with Gasteiger partial charge in [-0.1, -0.05) is 18.2 Å². The number of rotatable bonds is 9. The molecule has 0 saturated heterocycles. The van der Waals surface area contributed by atoms with Crippen molar-refractivity contribution in [1.82, 2.24) is 9.55 Å². The Labute approximate surface area is 216 Å². The van der Waals surface area contributed by atoms with E-state index in [9.17, 15) is 9.59 Å². The highest BCUT2D eigenvalue weighted by Crippen LogP contribution is 2.31. The monoisotopic (exact) mass is 500 g/mol. The van der Waals surface area contributed by atoms with Crippen molar-refractivity contribution in [3.63, 3.8) is 0 Å². The fourth-order valence-electron chi connectivity index (χ4n) is 4.33. The van der Waals surface area contributed by atoms with Gasteiger partial charge in [0.15, 0.2) is 0 Å². The molecule has 4 rings (SSSR count). The molecule has 1 N–H and O–H groups in total. The number of hydrogen-bond donors (Lipinski definition) is 1. The SMILES string of the molecule is Cc1cc(C)nc(N(C)CCCc2ccc(NC(=O)C(=O)c3c(-c4cccs4)cc(C)n3C)cc2)c1. The number of amides is 1. The molecule has 0 aliphatic heterocycles. The van der Waals surface area contributed by atoms with Crippen molar-refractivity contribution in [2.45, 2.75) is 33.6 Å². The Kier molecular flexibility index (Phi) is 7.70. The van der Waals surface area contributed by atoms with Crippen molar-refractivity contribution in [2.24, 2.45) is 7.05 Å². The second kappa shape index (κ2) is 10.9. The molecule has 3 aromatic heterocycles. The Bertz CT molecular complexity index is 1350. The lowest BCUT2D eigenvalue weighted by Crippen LogP contribution is -2.25. The summed E-state index contributed by atoms with van der Waals surface area (Å²) in [6, 6.07) is 17.7. The van der Waals surface area contributed by atoms with Gasteiger partial charge in [0.05, 0.1) is 0 Å². The van der Waals surface area contributed by atoms with Gasteiger partial charge in [-0.25, -0.2) is 4.98 Å². The molecule has 0 unspecified atom stereocenters. The first-order valence-electron chi connectivity index (χ1n) is 12.0. The largest absolute Gasteiger partial charge is 0.360 e. The predicted molar refractivity (Wildman–Crippen MR) is 148 cm³/mol. The van der Waals surface area contributed by atoms with E-state index in [1.54, 1.807) is 15.9 Å². The maximum Gasteiger partial charge on any atom is 0.298 e. The van der Waals surface area contributed by atoms with E-state index in [0.29, 0.717) is 11.4 Å². The van der Waals surface area contributed by atoms with Crippen LogP contribution in [-0.4, -0.2) is 34.8 Å². The standard InChI is InChI=1S/C29H32N4O2S/c1-19-16-20(2)30-26(17-19)32(4)14-6-8-22-10-12-23(13-11-22)31-29(35)28(34)27-24(18-21(3)33(27)5)25-9-7-15-36-25/h7,9-13,15-18H,6,8,14H2,1-5H3,(H,31,35). The Balaban J connectivity index is 1.35. The molecule has 3 heterocycles. The zero-order valence-electron chi connectivity index (χ0n) is 21.5. The molecule has 4 aromatic rings. The number of aryl methyl sites for hydroxylation is 4. The molecule has 0 bridgehead atoms. The molecule has 0 aliphatic rings. The average Bonchev–Trinajstić information content (AvgIpc) is 3.47. The van der Waals surface area contributed by atoms with E-state index < -0.39 is 11.7 Å². The van der Waals surface area contributed by atoms with Gasteiger partial charge in [-0.3, -0.25) is 9.59 Å². The number of carbonyl (C=O) groups is 2. The molecule has 6 nitrogen and oxygen atoms in total. The number of benzene rings is 1. The zero-order chi connectivity index (χ0) is 25.8. The number of aromatic nitrogens is 2. The molecule has 1 amide bonds. The van der Waals surface area contributed by atoms with Gasteiger partial charge in [-0.05, 0) is 86.5 Å². The number of ketones is 1. The number of thiophene rings is 1. The van der Waals surface area contributed by atoms with Crippen LogP contribution < -0.4 is 10.2 Å². The van der Waals surface area contributed by atoms with E-state index in [1.165, 1.54) is 11.1 Å². The number of nitrogens with one attached hydrogen (secondary N) is 1. The summed E-state index contributed by atoms with van der Waals surface area (Å²) in [5.41, 5.74) is 6.16. The molecule has 0 spiro atoms. The smallest absolute Gasteiger partial charge is 0.298 e. The maximum atomic E-state index is 13.1. The molecule has 36 heavy (non-hydrogen) atoms. The van der Waals surface area contributed by atoms with Gasteiger partial charge in [-0.2, -0.15) is 0 Å². The quantitative estimate of drug-likeness (QED) is 0.227. The predicted octanol–water partition coefficient (Wildman–Crippen LogP) is 5.96. The lowest BCUT2D eigenvalue weighted by Gasteiger charge is -2.19. The number of carbonyl (C=O) groups excluding carboxylic acids is 2. The van der Waals surface area contributed by atoms with Gasteiger partial charge in [0.2, 0.25) is 0 Å². The van der Waals surface area contributed by atoms with Crippen LogP contribution in [-0.2, 0) is 18.3 Å². The normalized spacial score (nSPS) is 10.9. The van der Waals surface area contributed by atoms with Crippen molar-refractivity contribution in [3.05, 3.63) is 88.2 Å². The topological polar surface area (TPSA) is 67.2 Å². The second-order valence-electron chi connectivity index (χ2n) is 9.23. The summed E-state index contributed by atoms with van der Waals surface area (Å²) < 4.78 is 1.78. The van der Waals surface area contributed by atoms with Crippen LogP contribution in [0.2, 0.25) is 0 Å². The van der Waals surface area contributed by atoms with Gasteiger partial charge in [0.1, 0.15) is 11.5 Å². The van der Waals surface area contributed by atoms with E-state index in [-0.39, 0.29) is 0 Å². The molecular weight excluding hydrogens is 468 g/mol. The van der Waals surface area contributed by atoms with Crippen LogP contribution in [0.3, 0.4) is 0 Å². The van der Waals surface area contributed by atoms with Gasteiger partial charge in [0, 0.05) is 48.2 Å². The van der Waals surface area contributed by atoms with Gasteiger partial charge in [-0.15, -0.1) is 11.3 Å². The highest BCUT2D eigenvalue weighted by atomic mass is 32.1. The first-order chi connectivity index (χ1) is 17.2. The van der Waals surface area contributed by atoms with Crippen LogP contribution in [0.25, 0.3) is 10.4 Å². The van der Waals surface area contributed by atoms with Crippen LogP contribution in [0.5, 0.6) is 0 Å². The summed E-state index contributed by atoms with van der Waals surface area (Å²) in [5.74, 6) is -0.184. The van der Waals surface area contributed by atoms with E-state index in [4.69, 9.17) is 0 Å². The number of anilines is 2. The Morgan fingerprint density at radius 2 is 1.81 bits per heavy atom. The Morgan fingerprint density at radius 3 is 2.47 bits per heavy atom. The lowest BCUT2D eigenvalue weighted by atomic mass is 10.1. The van der Waals surface area contributed by atoms with Crippen LogP contribution in [0.1, 0.15) is 39.4 Å². The van der Waals surface area contributed by atoms with Crippen LogP contribution in [0.15, 0.2) is 60.0 Å². The van der Waals surface area contributed by atoms with Crippen molar-refractivity contribution in [2.75, 3.05) is 23.8 Å². The molecule has 1 aromatic carbocycles. The summed E-state index contributed by atoms with van der Waals surface area (Å²) in [6.45, 7) is 6.93. The Morgan fingerprint density at radius 1 is 1.06 bits per heavy atom. The minimum absolute atomic E-state index is 0.409. The number of nitrogens with zero attached hydrogens (tertiary/aromatic N) is 3. The lowest BCUT2D eigenvalue weighted by molar-refractivity contribution is -0.112. The minimum atomic E-state index is -0.635. The molecule has 0 saturated carbocycles. The molecule has 0 atom stereocenters. The Hall–Kier alpha value is -3.71. The van der Waals surface area contributed by atoms with Crippen molar-refractivity contribution in [3.8, 4) is 10.4 Å². The van der Waals surface area contributed by atoms with E-state index in [2.05, 4.69) is 41.3 Å². The van der Waals surface area contributed by atoms with Gasteiger partial charge < -0.3 is 14.8 Å². The maximum absolute atomic E-state index is 13.1. The molecular formula is C29H32N4O2S. The van der Waals surface area contributed by atoms with Crippen LogP contribution >= 0.6 is 11.3 Å². The summed E-state index contributed by atoms with van der Waals surface area (Å²) in [4.78, 5) is 33.7. The van der Waals surface area contributed by atoms with Gasteiger partial charge in [0.25, 0.3) is 11.7 Å². The molecule has 0 aliphatic carbocycles. The first kappa shape index (κ1) is 25.4. The number of pyridine rings is 1. The second-order valence-corrected chi connectivity index (χ2v) is 10.2. The van der Waals surface area contributed by atoms with Crippen molar-refractivity contribution < 1.29 is 9.59 Å². The summed E-state index contributed by atoms with van der Waals surface area (Å²) in [5, 5.41) is 4.73. The highest BCUT2D eigenvalue weighted by molar-refractivity contribution is 7.13. The number of Topliss-reactive ketones (excluding diaryl/α,β-unsaturated/α-hetero) is 1. The molecule has 0 radical (unpaired) electrons. The van der Waals surface area contributed by atoms with E-state index in [1.807, 2.05) is 68.7 Å². The van der Waals surface area contributed by atoms with Crippen LogP contribution in [0, 0.1) is 20.8 Å². The number of hydrogen-bond acceptors (Lipinski definition) is 5. The fraction of sp³-hybridized carbons (Fsp3) is 0.276. The third kappa shape index (κ3) is 5.74. The zero-order valence-corrected chi connectivity index (χ0v) is 22.3. The minimum Gasteiger partial charge on any atom is -0.360 e. The van der Waals surface area contributed by atoms with Crippen LogP contribution in [0.4, 0.5) is 11.5 Å². The molecule has 186 valence electrons. The van der Waals surface area contributed by atoms with E-state index >= 15 is 0 Å². The average molecular weight is 501 g/mol. The molecule has 0 fully saturated rings. The molecule has 7 heteroatoms. The first-order valence-corrected chi connectivity index (χ1v) is 12.9. The highest BCUT2D eigenvalue weighted by Gasteiger charge is 2.25. The fourth-order valence-corrected chi connectivity index (χ4v) is 5.07. The summed E-state index contributed by atoms with van der Waals surface area (Å²) >= 11 is 1.55. The third-order valence-electron chi connectivity index (χ3n) is 6.33. The third-order valence-corrected chi connectivity index (χ3v) is 7.23. The summed E-state index contributed by atoms with van der Waals surface area (Å²) in [6.07, 6.45) is 1.89. The van der Waals surface area contributed by atoms with Crippen molar-refractivity contribution >= 4 is 34.5 Å². The van der Waals surface area contributed by atoms with Crippen molar-refractivity contribution in [1.29, 1.82) is 0 Å². The van der Waals surface area contributed by atoms with E-state index in [0.717, 1.165) is 47.0 Å². The summed E-state index contributed by atoms with van der Waals surface area (Å²) in [7, 11) is 3.88. The van der Waals surface area contributed by atoms with Gasteiger partial charge >= 0.3 is 0 Å².